The highest BCUT2D eigenvalue weighted by atomic mass is 35.5. The molecule has 144 valence electrons. The highest BCUT2D eigenvalue weighted by Gasteiger charge is 2.05. The van der Waals surface area contributed by atoms with E-state index in [1.807, 2.05) is 64.3 Å². The molecule has 0 aliphatic rings. The Labute approximate surface area is 168 Å². The molecule has 0 rings (SSSR count). The summed E-state index contributed by atoms with van der Waals surface area (Å²) in [4.78, 5) is 12.2. The van der Waals surface area contributed by atoms with Crippen LogP contribution in [-0.4, -0.2) is 19.0 Å². The van der Waals surface area contributed by atoms with E-state index >= 15 is 0 Å². The molecular formula is C21H30Cl2N2O. The summed E-state index contributed by atoms with van der Waals surface area (Å²) in [6, 6.07) is 0.0807. The van der Waals surface area contributed by atoms with Crippen molar-refractivity contribution in [2.24, 2.45) is 5.92 Å². The fourth-order valence-electron chi connectivity index (χ4n) is 2.13. The third-order valence-electron chi connectivity index (χ3n) is 3.44. The first-order valence-corrected chi connectivity index (χ1v) is 9.29. The van der Waals surface area contributed by atoms with Gasteiger partial charge < -0.3 is 10.6 Å². The average Bonchev–Trinajstić information content (AvgIpc) is 2.56. The number of likely N-dealkylation sites (N-methyl/N-ethyl adjacent to an activating group) is 1. The molecular weight excluding hydrogens is 367 g/mol. The third-order valence-corrected chi connectivity index (χ3v) is 3.85. The van der Waals surface area contributed by atoms with Gasteiger partial charge in [-0.05, 0) is 46.2 Å². The maximum Gasteiger partial charge on any atom is 0.250 e. The summed E-state index contributed by atoms with van der Waals surface area (Å²) in [7, 11) is 1.87. The Kier molecular flexibility index (Phi) is 12.8. The number of nitrogens with one attached hydrogen (secondary N) is 2. The van der Waals surface area contributed by atoms with Crippen molar-refractivity contribution in [1.82, 2.24) is 10.6 Å². The van der Waals surface area contributed by atoms with E-state index in [1.54, 1.807) is 13.0 Å². The molecule has 0 aliphatic heterocycles. The second-order valence-electron chi connectivity index (χ2n) is 6.04. The summed E-state index contributed by atoms with van der Waals surface area (Å²) in [5.41, 5.74) is 1.45. The van der Waals surface area contributed by atoms with E-state index < -0.39 is 0 Å². The number of allylic oxidation sites excluding steroid dienone is 8. The van der Waals surface area contributed by atoms with Gasteiger partial charge in [0.1, 0.15) is 0 Å². The highest BCUT2D eigenvalue weighted by molar-refractivity contribution is 6.31. The minimum absolute atomic E-state index is 0.0807. The van der Waals surface area contributed by atoms with Crippen LogP contribution in [0.2, 0.25) is 0 Å². The van der Waals surface area contributed by atoms with Crippen molar-refractivity contribution in [3.63, 3.8) is 0 Å². The van der Waals surface area contributed by atoms with Crippen LogP contribution in [-0.2, 0) is 4.79 Å². The van der Waals surface area contributed by atoms with Gasteiger partial charge in [-0.15, -0.1) is 0 Å². The van der Waals surface area contributed by atoms with Crippen LogP contribution in [0, 0.1) is 5.92 Å². The van der Waals surface area contributed by atoms with Crippen molar-refractivity contribution in [3.05, 3.63) is 70.4 Å². The zero-order chi connectivity index (χ0) is 20.1. The lowest BCUT2D eigenvalue weighted by molar-refractivity contribution is -0.116. The molecule has 0 radical (unpaired) electrons. The van der Waals surface area contributed by atoms with Gasteiger partial charge in [0, 0.05) is 27.4 Å². The first-order valence-electron chi connectivity index (χ1n) is 8.53. The molecule has 0 aromatic carbocycles. The quantitative estimate of drug-likeness (QED) is 0.287. The summed E-state index contributed by atoms with van der Waals surface area (Å²) in [6.07, 6.45) is 13.9. The molecule has 0 saturated heterocycles. The van der Waals surface area contributed by atoms with Crippen LogP contribution < -0.4 is 10.6 Å². The Morgan fingerprint density at radius 1 is 1.15 bits per heavy atom. The van der Waals surface area contributed by atoms with Crippen LogP contribution in [0.3, 0.4) is 0 Å². The van der Waals surface area contributed by atoms with Crippen molar-refractivity contribution in [2.45, 2.75) is 40.2 Å². The van der Waals surface area contributed by atoms with Crippen LogP contribution in [0.1, 0.15) is 34.1 Å². The zero-order valence-corrected chi connectivity index (χ0v) is 17.8. The molecule has 2 unspecified atom stereocenters. The molecule has 0 aromatic rings. The van der Waals surface area contributed by atoms with Gasteiger partial charge in [0.15, 0.2) is 0 Å². The minimum Gasteiger partial charge on any atom is -0.327 e. The first kappa shape index (κ1) is 24.5. The number of carbonyl (C=O) groups excluding carboxylic acids is 1. The van der Waals surface area contributed by atoms with Crippen molar-refractivity contribution < 1.29 is 4.79 Å². The predicted octanol–water partition coefficient (Wildman–Crippen LogP) is 5.57. The average molecular weight is 397 g/mol. The van der Waals surface area contributed by atoms with E-state index in [-0.39, 0.29) is 17.9 Å². The highest BCUT2D eigenvalue weighted by Crippen LogP contribution is 2.11. The lowest BCUT2D eigenvalue weighted by atomic mass is 10.1. The van der Waals surface area contributed by atoms with Crippen LogP contribution >= 0.6 is 23.2 Å². The molecule has 0 aromatic heterocycles. The van der Waals surface area contributed by atoms with Gasteiger partial charge >= 0.3 is 0 Å². The first-order chi connectivity index (χ1) is 12.2. The monoisotopic (exact) mass is 396 g/mol. The van der Waals surface area contributed by atoms with Crippen molar-refractivity contribution in [2.75, 3.05) is 7.05 Å². The van der Waals surface area contributed by atoms with E-state index in [4.69, 9.17) is 23.2 Å². The van der Waals surface area contributed by atoms with Crippen LogP contribution in [0.25, 0.3) is 0 Å². The fraction of sp³-hybridized carbons (Fsp3) is 0.381. The lowest BCUT2D eigenvalue weighted by Gasteiger charge is -2.08. The Hall–Kier alpha value is -1.55. The van der Waals surface area contributed by atoms with E-state index in [9.17, 15) is 4.79 Å². The number of hydrogen-bond donors (Lipinski definition) is 2. The van der Waals surface area contributed by atoms with Crippen molar-refractivity contribution in [3.8, 4) is 0 Å². The molecule has 0 spiro atoms. The molecule has 26 heavy (non-hydrogen) atoms. The molecule has 5 heteroatoms. The summed E-state index contributed by atoms with van der Waals surface area (Å²) in [5.74, 6) is -0.00949. The summed E-state index contributed by atoms with van der Waals surface area (Å²) in [6.45, 7) is 11.1. The normalized spacial score (nSPS) is 16.6. The number of rotatable bonds is 10. The molecule has 0 heterocycles. The van der Waals surface area contributed by atoms with Gasteiger partial charge in [-0.1, -0.05) is 73.2 Å². The molecule has 2 N–H and O–H groups in total. The largest absolute Gasteiger partial charge is 0.327 e. The van der Waals surface area contributed by atoms with Gasteiger partial charge in [0.05, 0.1) is 0 Å². The summed E-state index contributed by atoms with van der Waals surface area (Å²) < 4.78 is 0. The van der Waals surface area contributed by atoms with E-state index in [2.05, 4.69) is 17.2 Å². The second kappa shape index (κ2) is 13.6. The Morgan fingerprint density at radius 2 is 1.81 bits per heavy atom. The van der Waals surface area contributed by atoms with Crippen LogP contribution in [0.4, 0.5) is 0 Å². The molecule has 3 nitrogen and oxygen atoms in total. The number of halogens is 2. The van der Waals surface area contributed by atoms with Gasteiger partial charge in [-0.2, -0.15) is 0 Å². The van der Waals surface area contributed by atoms with Gasteiger partial charge in [-0.3, -0.25) is 4.79 Å². The molecule has 0 aliphatic carbocycles. The van der Waals surface area contributed by atoms with E-state index in [0.29, 0.717) is 17.0 Å². The van der Waals surface area contributed by atoms with Gasteiger partial charge in [0.25, 0.3) is 5.91 Å². The fourth-order valence-corrected chi connectivity index (χ4v) is 2.46. The van der Waals surface area contributed by atoms with E-state index in [1.165, 1.54) is 0 Å². The third kappa shape index (κ3) is 11.9. The van der Waals surface area contributed by atoms with E-state index in [0.717, 1.165) is 10.7 Å². The topological polar surface area (TPSA) is 41.1 Å². The molecule has 0 saturated carbocycles. The second-order valence-corrected chi connectivity index (χ2v) is 7.07. The Morgan fingerprint density at radius 3 is 2.35 bits per heavy atom. The maximum absolute atomic E-state index is 12.2. The minimum atomic E-state index is -0.111. The number of amides is 1. The maximum atomic E-state index is 12.2. The number of hydrogen-bond acceptors (Lipinski definition) is 2. The lowest BCUT2D eigenvalue weighted by Crippen LogP contribution is -2.22. The van der Waals surface area contributed by atoms with Crippen LogP contribution in [0.15, 0.2) is 70.4 Å². The molecule has 0 fully saturated rings. The zero-order valence-electron chi connectivity index (χ0n) is 16.3. The predicted molar refractivity (Wildman–Crippen MR) is 115 cm³/mol. The molecule has 1 amide bonds. The van der Waals surface area contributed by atoms with Gasteiger partial charge in [0.2, 0.25) is 0 Å². The van der Waals surface area contributed by atoms with Crippen molar-refractivity contribution >= 4 is 29.1 Å². The molecule has 0 bridgehead atoms. The SMILES string of the molecule is C=C/C(Cl)=C\C(C)/C=C(\C)NC(=O)/C(C)=C/CC=CC(/C=C(\C)Cl)NC. The summed E-state index contributed by atoms with van der Waals surface area (Å²) >= 11 is 11.8. The van der Waals surface area contributed by atoms with Crippen molar-refractivity contribution in [1.29, 1.82) is 0 Å². The molecule has 2 atom stereocenters. The van der Waals surface area contributed by atoms with Gasteiger partial charge in [-0.25, -0.2) is 0 Å². The number of carbonyl (C=O) groups is 1. The van der Waals surface area contributed by atoms with Crippen LogP contribution in [0.5, 0.6) is 0 Å². The Balaban J connectivity index is 4.68. The summed E-state index contributed by atoms with van der Waals surface area (Å²) in [5, 5.41) is 7.34. The standard InChI is InChI=1S/C21H30Cl2N2O/c1-7-19(23)13-15(2)12-18(5)25-21(26)16(3)10-8-9-11-20(24-6)14-17(4)22/h7,9-15,20,24H,1,8H2,2-6H3,(H,25,26)/b11-9?,16-10+,17-14+,18-12+,19-13+. The smallest absolute Gasteiger partial charge is 0.250 e. The Bertz CT molecular complexity index is 624.